The van der Waals surface area contributed by atoms with Crippen molar-refractivity contribution in [3.05, 3.63) is 41.4 Å². The summed E-state index contributed by atoms with van der Waals surface area (Å²) >= 11 is 6.07. The molecular formula is C12H14ClN3. The molecule has 0 amide bonds. The Hall–Kier alpha value is -1.35. The molecule has 1 aromatic heterocycles. The molecule has 2 aromatic rings. The summed E-state index contributed by atoms with van der Waals surface area (Å²) < 4.78 is 1.88. The maximum absolute atomic E-state index is 6.07. The van der Waals surface area contributed by atoms with Gasteiger partial charge in [-0.25, -0.2) is 0 Å². The van der Waals surface area contributed by atoms with E-state index in [2.05, 4.69) is 31.0 Å². The molecule has 0 saturated heterocycles. The molecule has 0 atom stereocenters. The van der Waals surface area contributed by atoms with Crippen molar-refractivity contribution >= 4 is 11.6 Å². The third-order valence-corrected chi connectivity index (χ3v) is 2.55. The number of nitrogens with zero attached hydrogens (tertiary/aromatic N) is 3. The van der Waals surface area contributed by atoms with E-state index >= 15 is 0 Å². The van der Waals surface area contributed by atoms with Gasteiger partial charge in [0.05, 0.1) is 0 Å². The van der Waals surface area contributed by atoms with Gasteiger partial charge in [-0.1, -0.05) is 39.0 Å². The normalized spacial score (nSPS) is 11.8. The summed E-state index contributed by atoms with van der Waals surface area (Å²) in [5.74, 6) is 0.865. The number of para-hydroxylation sites is 1. The van der Waals surface area contributed by atoms with Gasteiger partial charge in [0.15, 0.2) is 0 Å². The SMILES string of the molecule is CC(C)(C)c1nnc(Cl)n1-c1ccccc1. The Kier molecular flexibility index (Phi) is 2.72. The van der Waals surface area contributed by atoms with Crippen molar-refractivity contribution in [1.29, 1.82) is 0 Å². The van der Waals surface area contributed by atoms with E-state index in [1.807, 2.05) is 34.9 Å². The van der Waals surface area contributed by atoms with E-state index in [-0.39, 0.29) is 5.41 Å². The Morgan fingerprint density at radius 1 is 1.06 bits per heavy atom. The minimum Gasteiger partial charge on any atom is -0.269 e. The Labute approximate surface area is 100 Å². The molecule has 0 saturated carbocycles. The second-order valence-electron chi connectivity index (χ2n) is 4.71. The summed E-state index contributed by atoms with van der Waals surface area (Å²) in [6, 6.07) is 9.89. The molecule has 0 unspecified atom stereocenters. The highest BCUT2D eigenvalue weighted by Gasteiger charge is 2.23. The molecule has 84 valence electrons. The smallest absolute Gasteiger partial charge is 0.229 e. The average molecular weight is 236 g/mol. The molecule has 0 aliphatic rings. The van der Waals surface area contributed by atoms with Crippen LogP contribution in [0.15, 0.2) is 30.3 Å². The van der Waals surface area contributed by atoms with Gasteiger partial charge in [0, 0.05) is 11.1 Å². The fourth-order valence-electron chi connectivity index (χ4n) is 1.56. The Morgan fingerprint density at radius 3 is 2.25 bits per heavy atom. The third-order valence-electron chi connectivity index (χ3n) is 2.31. The zero-order chi connectivity index (χ0) is 11.8. The fourth-order valence-corrected chi connectivity index (χ4v) is 1.77. The van der Waals surface area contributed by atoms with Gasteiger partial charge >= 0.3 is 0 Å². The average Bonchev–Trinajstić information content (AvgIpc) is 2.61. The summed E-state index contributed by atoms with van der Waals surface area (Å²) in [5.41, 5.74) is 0.901. The van der Waals surface area contributed by atoms with Gasteiger partial charge in [-0.3, -0.25) is 4.57 Å². The number of benzene rings is 1. The van der Waals surface area contributed by atoms with Gasteiger partial charge in [0.25, 0.3) is 0 Å². The van der Waals surface area contributed by atoms with Crippen molar-refractivity contribution in [2.45, 2.75) is 26.2 Å². The topological polar surface area (TPSA) is 30.7 Å². The standard InChI is InChI=1S/C12H14ClN3/c1-12(2,3)10-14-15-11(13)16(10)9-7-5-4-6-8-9/h4-8H,1-3H3. The first-order valence-corrected chi connectivity index (χ1v) is 5.55. The van der Waals surface area contributed by atoms with Crippen molar-refractivity contribution in [3.63, 3.8) is 0 Å². The van der Waals surface area contributed by atoms with Crippen LogP contribution in [0.2, 0.25) is 5.28 Å². The van der Waals surface area contributed by atoms with Crippen molar-refractivity contribution in [3.8, 4) is 5.69 Å². The highest BCUT2D eigenvalue weighted by molar-refractivity contribution is 6.28. The first-order valence-electron chi connectivity index (χ1n) is 5.17. The van der Waals surface area contributed by atoms with Crippen LogP contribution in [0.4, 0.5) is 0 Å². The lowest BCUT2D eigenvalue weighted by Crippen LogP contribution is -2.18. The van der Waals surface area contributed by atoms with Gasteiger partial charge in [-0.05, 0) is 23.7 Å². The van der Waals surface area contributed by atoms with Crippen LogP contribution in [0.5, 0.6) is 0 Å². The van der Waals surface area contributed by atoms with Crippen molar-refractivity contribution in [2.24, 2.45) is 0 Å². The Morgan fingerprint density at radius 2 is 1.69 bits per heavy atom. The highest BCUT2D eigenvalue weighted by Crippen LogP contribution is 2.26. The number of halogens is 1. The molecule has 0 bridgehead atoms. The summed E-state index contributed by atoms with van der Waals surface area (Å²) in [4.78, 5) is 0. The van der Waals surface area contributed by atoms with Crippen LogP contribution >= 0.6 is 11.6 Å². The molecule has 16 heavy (non-hydrogen) atoms. The molecule has 2 rings (SSSR count). The van der Waals surface area contributed by atoms with Gasteiger partial charge < -0.3 is 0 Å². The fraction of sp³-hybridized carbons (Fsp3) is 0.333. The molecular weight excluding hydrogens is 222 g/mol. The molecule has 4 heteroatoms. The van der Waals surface area contributed by atoms with Gasteiger partial charge in [-0.2, -0.15) is 0 Å². The molecule has 0 radical (unpaired) electrons. The number of hydrogen-bond donors (Lipinski definition) is 0. The highest BCUT2D eigenvalue weighted by atomic mass is 35.5. The largest absolute Gasteiger partial charge is 0.269 e. The predicted octanol–water partition coefficient (Wildman–Crippen LogP) is 3.22. The monoisotopic (exact) mass is 235 g/mol. The number of rotatable bonds is 1. The maximum Gasteiger partial charge on any atom is 0.229 e. The molecule has 0 N–H and O–H groups in total. The molecule has 3 nitrogen and oxygen atoms in total. The van der Waals surface area contributed by atoms with E-state index < -0.39 is 0 Å². The summed E-state index contributed by atoms with van der Waals surface area (Å²) in [5, 5.41) is 8.48. The van der Waals surface area contributed by atoms with Crippen molar-refractivity contribution in [1.82, 2.24) is 14.8 Å². The predicted molar refractivity (Wildman–Crippen MR) is 65.1 cm³/mol. The summed E-state index contributed by atoms with van der Waals surface area (Å²) in [7, 11) is 0. The van der Waals surface area contributed by atoms with Gasteiger partial charge in [-0.15, -0.1) is 10.2 Å². The number of hydrogen-bond acceptors (Lipinski definition) is 2. The van der Waals surface area contributed by atoms with E-state index in [9.17, 15) is 0 Å². The minimum absolute atomic E-state index is 0.0873. The van der Waals surface area contributed by atoms with Crippen LogP contribution in [0.1, 0.15) is 26.6 Å². The Balaban J connectivity index is 2.61. The van der Waals surface area contributed by atoms with Crippen molar-refractivity contribution in [2.75, 3.05) is 0 Å². The first kappa shape index (κ1) is 11.1. The zero-order valence-corrected chi connectivity index (χ0v) is 10.4. The second kappa shape index (κ2) is 3.91. The van der Waals surface area contributed by atoms with E-state index in [0.29, 0.717) is 5.28 Å². The van der Waals surface area contributed by atoms with E-state index in [0.717, 1.165) is 11.5 Å². The van der Waals surface area contributed by atoms with Crippen LogP contribution in [0, 0.1) is 0 Å². The lowest BCUT2D eigenvalue weighted by molar-refractivity contribution is 0.533. The van der Waals surface area contributed by atoms with E-state index in [1.54, 1.807) is 0 Å². The van der Waals surface area contributed by atoms with E-state index in [1.165, 1.54) is 0 Å². The molecule has 0 spiro atoms. The molecule has 1 heterocycles. The van der Waals surface area contributed by atoms with Crippen LogP contribution in [-0.2, 0) is 5.41 Å². The quantitative estimate of drug-likeness (QED) is 0.760. The molecule has 0 aliphatic carbocycles. The molecule has 1 aromatic carbocycles. The van der Waals surface area contributed by atoms with Gasteiger partial charge in [0.1, 0.15) is 5.82 Å². The van der Waals surface area contributed by atoms with Crippen molar-refractivity contribution < 1.29 is 0 Å². The number of aromatic nitrogens is 3. The Bertz CT molecular complexity index is 483. The lowest BCUT2D eigenvalue weighted by atomic mass is 9.95. The van der Waals surface area contributed by atoms with Crippen LogP contribution in [0.3, 0.4) is 0 Å². The van der Waals surface area contributed by atoms with Gasteiger partial charge in [0.2, 0.25) is 5.28 Å². The molecule has 0 aliphatic heterocycles. The summed E-state index contributed by atoms with van der Waals surface area (Å²) in [6.07, 6.45) is 0. The first-order chi connectivity index (χ1) is 7.50. The van der Waals surface area contributed by atoms with Crippen LogP contribution in [0.25, 0.3) is 5.69 Å². The van der Waals surface area contributed by atoms with Crippen LogP contribution in [-0.4, -0.2) is 14.8 Å². The maximum atomic E-state index is 6.07. The summed E-state index contributed by atoms with van der Waals surface area (Å²) in [6.45, 7) is 6.27. The minimum atomic E-state index is -0.0873. The zero-order valence-electron chi connectivity index (χ0n) is 9.61. The second-order valence-corrected chi connectivity index (χ2v) is 5.05. The van der Waals surface area contributed by atoms with E-state index in [4.69, 9.17) is 11.6 Å². The third kappa shape index (κ3) is 1.95. The molecule has 0 fully saturated rings. The lowest BCUT2D eigenvalue weighted by Gasteiger charge is -2.18. The van der Waals surface area contributed by atoms with Crippen LogP contribution < -0.4 is 0 Å².